The normalized spacial score (nSPS) is 24.8. The van der Waals surface area contributed by atoms with Crippen LogP contribution in [0.2, 0.25) is 4.34 Å². The van der Waals surface area contributed by atoms with Gasteiger partial charge >= 0.3 is 0 Å². The molecule has 4 heteroatoms. The van der Waals surface area contributed by atoms with Crippen LogP contribution in [-0.4, -0.2) is 31.1 Å². The van der Waals surface area contributed by atoms with E-state index in [1.807, 2.05) is 0 Å². The van der Waals surface area contributed by atoms with Crippen LogP contribution in [-0.2, 0) is 6.42 Å². The van der Waals surface area contributed by atoms with Crippen LogP contribution in [0.15, 0.2) is 6.07 Å². The second-order valence-electron chi connectivity index (χ2n) is 6.75. The Morgan fingerprint density at radius 3 is 2.95 bits per heavy atom. The quantitative estimate of drug-likeness (QED) is 0.857. The molecular weight excluding hydrogens is 300 g/mol. The zero-order valence-electron chi connectivity index (χ0n) is 13.0. The number of nitrogens with zero attached hydrogens (tertiary/aromatic N) is 1. The fourth-order valence-corrected chi connectivity index (χ4v) is 5.11. The van der Waals surface area contributed by atoms with Gasteiger partial charge in [0, 0.05) is 17.5 Å². The minimum absolute atomic E-state index is 0.529. The lowest BCUT2D eigenvalue weighted by molar-refractivity contribution is 0.196. The molecule has 0 amide bonds. The third kappa shape index (κ3) is 4.22. The number of halogens is 1. The number of nitrogens with one attached hydrogen (secondary N) is 1. The van der Waals surface area contributed by atoms with E-state index in [9.17, 15) is 0 Å². The highest BCUT2D eigenvalue weighted by atomic mass is 35.5. The molecule has 2 heterocycles. The lowest BCUT2D eigenvalue weighted by Crippen LogP contribution is -2.37. The van der Waals surface area contributed by atoms with Crippen molar-refractivity contribution in [1.82, 2.24) is 10.2 Å². The standard InChI is InChI=1S/C17H27ClN2S/c1-13(12-20-8-3-2-4-9-20)11-19-15-6-5-7-16-14(15)10-17(18)21-16/h10,13,15,19H,2-9,11-12H2,1H3. The topological polar surface area (TPSA) is 15.3 Å². The first-order chi connectivity index (χ1) is 10.2. The van der Waals surface area contributed by atoms with Gasteiger partial charge in [0.15, 0.2) is 0 Å². The van der Waals surface area contributed by atoms with Crippen molar-refractivity contribution < 1.29 is 0 Å². The molecule has 0 aromatic carbocycles. The Labute approximate surface area is 137 Å². The van der Waals surface area contributed by atoms with Crippen molar-refractivity contribution in [3.8, 4) is 0 Å². The average molecular weight is 327 g/mol. The smallest absolute Gasteiger partial charge is 0.0934 e. The molecule has 0 saturated carbocycles. The highest BCUT2D eigenvalue weighted by Gasteiger charge is 2.23. The van der Waals surface area contributed by atoms with Crippen molar-refractivity contribution in [3.05, 3.63) is 20.8 Å². The number of rotatable bonds is 5. The van der Waals surface area contributed by atoms with Gasteiger partial charge in [0.1, 0.15) is 0 Å². The van der Waals surface area contributed by atoms with E-state index in [4.69, 9.17) is 11.6 Å². The molecule has 1 N–H and O–H groups in total. The molecule has 0 bridgehead atoms. The van der Waals surface area contributed by atoms with Gasteiger partial charge in [0.2, 0.25) is 0 Å². The summed E-state index contributed by atoms with van der Waals surface area (Å²) in [5.41, 5.74) is 1.47. The maximum absolute atomic E-state index is 6.19. The van der Waals surface area contributed by atoms with Gasteiger partial charge in [0.05, 0.1) is 4.34 Å². The second-order valence-corrected chi connectivity index (χ2v) is 8.52. The van der Waals surface area contributed by atoms with Gasteiger partial charge < -0.3 is 10.2 Å². The second kappa shape index (κ2) is 7.45. The predicted molar refractivity (Wildman–Crippen MR) is 92.5 cm³/mol. The third-order valence-electron chi connectivity index (χ3n) is 4.81. The summed E-state index contributed by atoms with van der Waals surface area (Å²) in [6, 6.07) is 2.72. The lowest BCUT2D eigenvalue weighted by atomic mass is 9.93. The van der Waals surface area contributed by atoms with Gasteiger partial charge in [-0.05, 0) is 69.3 Å². The van der Waals surface area contributed by atoms with E-state index in [-0.39, 0.29) is 0 Å². The predicted octanol–water partition coefficient (Wildman–Crippen LogP) is 4.49. The molecule has 1 saturated heterocycles. The number of thiophene rings is 1. The van der Waals surface area contributed by atoms with Crippen LogP contribution >= 0.6 is 22.9 Å². The molecule has 1 aromatic rings. The minimum Gasteiger partial charge on any atom is -0.310 e. The van der Waals surface area contributed by atoms with Crippen molar-refractivity contribution in [2.75, 3.05) is 26.2 Å². The zero-order chi connectivity index (χ0) is 14.7. The van der Waals surface area contributed by atoms with Crippen LogP contribution in [0.4, 0.5) is 0 Å². The molecule has 1 fully saturated rings. The fourth-order valence-electron chi connectivity index (χ4n) is 3.72. The number of aryl methyl sites for hydroxylation is 1. The van der Waals surface area contributed by atoms with Crippen molar-refractivity contribution in [2.45, 2.75) is 51.5 Å². The number of piperidine rings is 1. The van der Waals surface area contributed by atoms with Gasteiger partial charge in [-0.2, -0.15) is 0 Å². The lowest BCUT2D eigenvalue weighted by Gasteiger charge is -2.30. The molecule has 21 heavy (non-hydrogen) atoms. The minimum atomic E-state index is 0.529. The van der Waals surface area contributed by atoms with Crippen LogP contribution in [0.5, 0.6) is 0 Å². The zero-order valence-corrected chi connectivity index (χ0v) is 14.6. The van der Waals surface area contributed by atoms with Crippen molar-refractivity contribution >= 4 is 22.9 Å². The molecule has 1 aromatic heterocycles. The van der Waals surface area contributed by atoms with E-state index < -0.39 is 0 Å². The van der Waals surface area contributed by atoms with Gasteiger partial charge in [-0.25, -0.2) is 0 Å². The monoisotopic (exact) mass is 326 g/mol. The summed E-state index contributed by atoms with van der Waals surface area (Å²) in [5, 5.41) is 3.80. The molecule has 118 valence electrons. The Bertz CT molecular complexity index is 454. The molecule has 1 aliphatic heterocycles. The highest BCUT2D eigenvalue weighted by molar-refractivity contribution is 7.16. The summed E-state index contributed by atoms with van der Waals surface area (Å²) in [7, 11) is 0. The van der Waals surface area contributed by atoms with Gasteiger partial charge in [-0.1, -0.05) is 24.9 Å². The van der Waals surface area contributed by atoms with Crippen molar-refractivity contribution in [1.29, 1.82) is 0 Å². The molecular formula is C17H27ClN2S. The SMILES string of the molecule is CC(CNC1CCCc2sc(Cl)cc21)CN1CCCCC1. The summed E-state index contributed by atoms with van der Waals surface area (Å²) >= 11 is 7.97. The van der Waals surface area contributed by atoms with Crippen LogP contribution in [0.25, 0.3) is 0 Å². The summed E-state index contributed by atoms with van der Waals surface area (Å²) < 4.78 is 0.954. The first kappa shape index (κ1) is 15.8. The first-order valence-corrected chi connectivity index (χ1v) is 9.65. The summed E-state index contributed by atoms with van der Waals surface area (Å²) in [5.74, 6) is 0.725. The Kier molecular flexibility index (Phi) is 5.60. The van der Waals surface area contributed by atoms with Gasteiger partial charge in [0.25, 0.3) is 0 Å². The number of likely N-dealkylation sites (tertiary alicyclic amines) is 1. The summed E-state index contributed by atoms with van der Waals surface area (Å²) in [6.07, 6.45) is 7.97. The molecule has 2 unspecified atom stereocenters. The molecule has 2 aliphatic rings. The maximum atomic E-state index is 6.19. The average Bonchev–Trinajstić information content (AvgIpc) is 2.87. The van der Waals surface area contributed by atoms with E-state index in [1.165, 1.54) is 68.6 Å². The van der Waals surface area contributed by atoms with Crippen LogP contribution in [0.3, 0.4) is 0 Å². The Morgan fingerprint density at radius 1 is 1.33 bits per heavy atom. The van der Waals surface area contributed by atoms with Crippen LogP contribution in [0, 0.1) is 5.92 Å². The van der Waals surface area contributed by atoms with Crippen molar-refractivity contribution in [3.63, 3.8) is 0 Å². The maximum Gasteiger partial charge on any atom is 0.0934 e. The molecule has 0 radical (unpaired) electrons. The number of hydrogen-bond acceptors (Lipinski definition) is 3. The van der Waals surface area contributed by atoms with Crippen LogP contribution < -0.4 is 5.32 Å². The molecule has 2 nitrogen and oxygen atoms in total. The van der Waals surface area contributed by atoms with E-state index in [2.05, 4.69) is 23.2 Å². The highest BCUT2D eigenvalue weighted by Crippen LogP contribution is 2.37. The van der Waals surface area contributed by atoms with Crippen LogP contribution in [0.1, 0.15) is 55.5 Å². The molecule has 0 spiro atoms. The van der Waals surface area contributed by atoms with Gasteiger partial charge in [-0.15, -0.1) is 11.3 Å². The summed E-state index contributed by atoms with van der Waals surface area (Å²) in [6.45, 7) is 7.35. The fraction of sp³-hybridized carbons (Fsp3) is 0.765. The Hall–Kier alpha value is -0.0900. The van der Waals surface area contributed by atoms with E-state index in [1.54, 1.807) is 11.3 Å². The first-order valence-electron chi connectivity index (χ1n) is 8.46. The number of hydrogen-bond donors (Lipinski definition) is 1. The molecule has 1 aliphatic carbocycles. The largest absolute Gasteiger partial charge is 0.310 e. The molecule has 2 atom stereocenters. The van der Waals surface area contributed by atoms with Crippen molar-refractivity contribution in [2.24, 2.45) is 5.92 Å². The summed E-state index contributed by atoms with van der Waals surface area (Å²) in [4.78, 5) is 4.15. The van der Waals surface area contributed by atoms with E-state index >= 15 is 0 Å². The van der Waals surface area contributed by atoms with Gasteiger partial charge in [-0.3, -0.25) is 0 Å². The van der Waals surface area contributed by atoms with E-state index in [0.717, 1.165) is 16.8 Å². The Balaban J connectivity index is 1.48. The molecule has 3 rings (SSSR count). The van der Waals surface area contributed by atoms with E-state index in [0.29, 0.717) is 6.04 Å². The number of fused-ring (bicyclic) bond motifs is 1. The Morgan fingerprint density at radius 2 is 2.14 bits per heavy atom. The third-order valence-corrected chi connectivity index (χ3v) is 6.15.